The van der Waals surface area contributed by atoms with E-state index in [1.165, 1.54) is 19.2 Å². The van der Waals surface area contributed by atoms with Crippen molar-refractivity contribution in [2.45, 2.75) is 52.4 Å². The predicted molar refractivity (Wildman–Crippen MR) is 86.9 cm³/mol. The average molecular weight is 417 g/mol. The van der Waals surface area contributed by atoms with Gasteiger partial charge in [0, 0.05) is 5.92 Å². The van der Waals surface area contributed by atoms with Crippen LogP contribution in [0.5, 0.6) is 0 Å². The molecule has 1 aliphatic rings. The lowest BCUT2D eigenvalue weighted by Crippen LogP contribution is -2.68. The van der Waals surface area contributed by atoms with Gasteiger partial charge in [-0.25, -0.2) is 13.6 Å². The maximum Gasteiger partial charge on any atom is 0.437 e. The minimum atomic E-state index is -5.51. The number of carbonyl (C=O) groups excluding carboxylic acids is 2. The Kier molecular flexibility index (Phi) is 7.81. The summed E-state index contributed by atoms with van der Waals surface area (Å²) < 4.78 is 77.6. The van der Waals surface area contributed by atoms with Gasteiger partial charge in [0.1, 0.15) is 5.92 Å². The summed E-state index contributed by atoms with van der Waals surface area (Å²) in [6.07, 6.45) is -9.33. The standard InChI is InChI=1S/C17H24F5NO5/c1-5-27-14(24)10-9(7-8(3)4)11(15(25)28-6-2)16(26,17(20,21)22)23-12(10)13(18)19/h8-9,11,13,23,26H,5-7H2,1-4H3. The highest BCUT2D eigenvalue weighted by Crippen LogP contribution is 2.48. The summed E-state index contributed by atoms with van der Waals surface area (Å²) in [4.78, 5) is 24.7. The Balaban J connectivity index is 3.79. The smallest absolute Gasteiger partial charge is 0.437 e. The number of hydrogen-bond acceptors (Lipinski definition) is 6. The van der Waals surface area contributed by atoms with E-state index >= 15 is 0 Å². The molecule has 1 rings (SSSR count). The Morgan fingerprint density at radius 2 is 1.71 bits per heavy atom. The van der Waals surface area contributed by atoms with Crippen molar-refractivity contribution in [3.8, 4) is 0 Å². The Labute approximate surface area is 159 Å². The van der Waals surface area contributed by atoms with Crippen molar-refractivity contribution in [2.75, 3.05) is 13.2 Å². The Morgan fingerprint density at radius 3 is 2.11 bits per heavy atom. The number of hydrogen-bond donors (Lipinski definition) is 2. The molecule has 0 aliphatic carbocycles. The molecule has 0 aromatic rings. The first kappa shape index (κ1) is 24.1. The molecule has 3 unspecified atom stereocenters. The molecule has 1 aliphatic heterocycles. The van der Waals surface area contributed by atoms with Crippen LogP contribution in [0.4, 0.5) is 22.0 Å². The topological polar surface area (TPSA) is 84.9 Å². The molecule has 162 valence electrons. The van der Waals surface area contributed by atoms with E-state index in [1.807, 2.05) is 0 Å². The van der Waals surface area contributed by atoms with Crippen LogP contribution in [0.15, 0.2) is 11.3 Å². The summed E-state index contributed by atoms with van der Waals surface area (Å²) >= 11 is 0. The second-order valence-electron chi connectivity index (χ2n) is 6.70. The number of ether oxygens (including phenoxy) is 2. The zero-order valence-electron chi connectivity index (χ0n) is 15.9. The van der Waals surface area contributed by atoms with Gasteiger partial charge in [0.15, 0.2) is 0 Å². The van der Waals surface area contributed by atoms with E-state index in [4.69, 9.17) is 4.74 Å². The first-order valence-electron chi connectivity index (χ1n) is 8.74. The van der Waals surface area contributed by atoms with Gasteiger partial charge in [0.2, 0.25) is 5.72 Å². The van der Waals surface area contributed by atoms with Crippen LogP contribution in [-0.4, -0.2) is 48.6 Å². The summed E-state index contributed by atoms with van der Waals surface area (Å²) in [5.41, 5.74) is -6.25. The van der Waals surface area contributed by atoms with Gasteiger partial charge < -0.3 is 19.9 Å². The molecule has 6 nitrogen and oxygen atoms in total. The molecule has 0 spiro atoms. The SMILES string of the molecule is CCOC(=O)C1=C(C(F)F)NC(O)(C(F)(F)F)C(C(=O)OCC)C1CC(C)C. The predicted octanol–water partition coefficient (Wildman–Crippen LogP) is 2.76. The maximum atomic E-state index is 13.7. The second kappa shape index (κ2) is 9.06. The molecule has 11 heteroatoms. The van der Waals surface area contributed by atoms with Crippen LogP contribution in [0, 0.1) is 17.8 Å². The molecule has 0 aromatic carbocycles. The monoisotopic (exact) mass is 417 g/mol. The average Bonchev–Trinajstić information content (AvgIpc) is 2.52. The van der Waals surface area contributed by atoms with Crippen LogP contribution in [0.3, 0.4) is 0 Å². The summed E-state index contributed by atoms with van der Waals surface area (Å²) in [6, 6.07) is 0. The van der Waals surface area contributed by atoms with Gasteiger partial charge in [0.05, 0.1) is 24.5 Å². The minimum Gasteiger partial charge on any atom is -0.466 e. The van der Waals surface area contributed by atoms with Crippen molar-refractivity contribution in [3.05, 3.63) is 11.3 Å². The number of carbonyl (C=O) groups is 2. The fourth-order valence-corrected chi connectivity index (χ4v) is 3.23. The third-order valence-corrected chi connectivity index (χ3v) is 4.25. The zero-order chi connectivity index (χ0) is 21.9. The highest BCUT2D eigenvalue weighted by atomic mass is 19.4. The molecule has 0 amide bonds. The first-order chi connectivity index (χ1) is 12.8. The Morgan fingerprint density at radius 1 is 1.18 bits per heavy atom. The van der Waals surface area contributed by atoms with Crippen molar-refractivity contribution in [2.24, 2.45) is 17.8 Å². The summed E-state index contributed by atoms with van der Waals surface area (Å²) in [5, 5.41) is 11.6. The second-order valence-corrected chi connectivity index (χ2v) is 6.70. The van der Waals surface area contributed by atoms with Gasteiger partial charge in [-0.1, -0.05) is 13.8 Å². The number of aliphatic hydroxyl groups is 1. The number of rotatable bonds is 7. The molecule has 0 radical (unpaired) electrons. The van der Waals surface area contributed by atoms with E-state index in [1.54, 1.807) is 13.8 Å². The summed E-state index contributed by atoms with van der Waals surface area (Å²) in [5.74, 6) is -7.22. The Bertz CT molecular complexity index is 620. The molecule has 0 aromatic heterocycles. The van der Waals surface area contributed by atoms with Crippen molar-refractivity contribution in [1.29, 1.82) is 0 Å². The lowest BCUT2D eigenvalue weighted by molar-refractivity contribution is -0.298. The van der Waals surface area contributed by atoms with Gasteiger partial charge in [-0.05, 0) is 26.2 Å². The van der Waals surface area contributed by atoms with E-state index in [-0.39, 0.29) is 19.6 Å². The third-order valence-electron chi connectivity index (χ3n) is 4.25. The minimum absolute atomic E-state index is 0.221. The number of halogens is 5. The van der Waals surface area contributed by atoms with E-state index in [0.717, 1.165) is 0 Å². The van der Waals surface area contributed by atoms with Gasteiger partial charge >= 0.3 is 18.1 Å². The highest BCUT2D eigenvalue weighted by Gasteiger charge is 2.67. The molecule has 0 saturated carbocycles. The van der Waals surface area contributed by atoms with E-state index < -0.39 is 59.3 Å². The largest absolute Gasteiger partial charge is 0.466 e. The molecule has 1 heterocycles. The van der Waals surface area contributed by atoms with Gasteiger partial charge in [-0.15, -0.1) is 0 Å². The van der Waals surface area contributed by atoms with Crippen LogP contribution in [0.2, 0.25) is 0 Å². The highest BCUT2D eigenvalue weighted by molar-refractivity contribution is 5.92. The normalized spacial score (nSPS) is 25.7. The van der Waals surface area contributed by atoms with Crippen molar-refractivity contribution in [1.82, 2.24) is 5.32 Å². The van der Waals surface area contributed by atoms with Crippen molar-refractivity contribution in [3.63, 3.8) is 0 Å². The Hall–Kier alpha value is -1.91. The van der Waals surface area contributed by atoms with Crippen LogP contribution in [-0.2, 0) is 19.1 Å². The van der Waals surface area contributed by atoms with Gasteiger partial charge in [-0.2, -0.15) is 13.2 Å². The summed E-state index contributed by atoms with van der Waals surface area (Å²) in [6.45, 7) is 5.34. The quantitative estimate of drug-likeness (QED) is 0.490. The van der Waals surface area contributed by atoms with Crippen LogP contribution in [0.1, 0.15) is 34.1 Å². The van der Waals surface area contributed by atoms with Gasteiger partial charge in [-0.3, -0.25) is 4.79 Å². The third kappa shape index (κ3) is 4.73. The molecular formula is C17H24F5NO5. The zero-order valence-corrected chi connectivity index (χ0v) is 15.9. The summed E-state index contributed by atoms with van der Waals surface area (Å²) in [7, 11) is 0. The molecule has 0 saturated heterocycles. The van der Waals surface area contributed by atoms with E-state index in [0.29, 0.717) is 0 Å². The molecule has 3 atom stereocenters. The number of alkyl halides is 5. The van der Waals surface area contributed by atoms with Gasteiger partial charge in [0.25, 0.3) is 6.43 Å². The fourth-order valence-electron chi connectivity index (χ4n) is 3.23. The van der Waals surface area contributed by atoms with Crippen molar-refractivity contribution < 1.29 is 46.1 Å². The number of esters is 2. The van der Waals surface area contributed by atoms with E-state index in [9.17, 15) is 36.6 Å². The van der Waals surface area contributed by atoms with Crippen LogP contribution < -0.4 is 5.32 Å². The van der Waals surface area contributed by atoms with Crippen LogP contribution >= 0.6 is 0 Å². The molecule has 0 bridgehead atoms. The fraction of sp³-hybridized carbons (Fsp3) is 0.765. The molecular weight excluding hydrogens is 393 g/mol. The number of allylic oxidation sites excluding steroid dienone is 1. The first-order valence-corrected chi connectivity index (χ1v) is 8.74. The maximum absolute atomic E-state index is 13.7. The van der Waals surface area contributed by atoms with Crippen molar-refractivity contribution >= 4 is 11.9 Å². The number of nitrogens with one attached hydrogen (secondary N) is 1. The molecule has 2 N–H and O–H groups in total. The molecule has 0 fully saturated rings. The van der Waals surface area contributed by atoms with E-state index in [2.05, 4.69) is 4.74 Å². The molecule has 28 heavy (non-hydrogen) atoms. The lowest BCUT2D eigenvalue weighted by Gasteiger charge is -2.46. The van der Waals surface area contributed by atoms with Crippen LogP contribution in [0.25, 0.3) is 0 Å². The lowest BCUT2D eigenvalue weighted by atomic mass is 9.71.